The van der Waals surface area contributed by atoms with Gasteiger partial charge in [0.1, 0.15) is 17.2 Å². The highest BCUT2D eigenvalue weighted by Gasteiger charge is 2.31. The number of nitrogens with two attached hydrogens (primary N) is 1. The Kier molecular flexibility index (Phi) is 5.89. The highest BCUT2D eigenvalue weighted by Crippen LogP contribution is 2.24. The Morgan fingerprint density at radius 3 is 2.89 bits per heavy atom. The van der Waals surface area contributed by atoms with E-state index in [0.29, 0.717) is 35.1 Å². The lowest BCUT2D eigenvalue weighted by molar-refractivity contribution is 0.299. The average Bonchev–Trinajstić information content (AvgIpc) is 3.25. The van der Waals surface area contributed by atoms with Crippen LogP contribution in [0.15, 0.2) is 32.5 Å². The van der Waals surface area contributed by atoms with Crippen LogP contribution in [0.4, 0.5) is 4.39 Å². The van der Waals surface area contributed by atoms with Gasteiger partial charge in [0.15, 0.2) is 5.69 Å². The first kappa shape index (κ1) is 19.9. The van der Waals surface area contributed by atoms with Gasteiger partial charge in [0.05, 0.1) is 4.47 Å². The second-order valence-electron chi connectivity index (χ2n) is 6.29. The number of oxime groups is 1. The summed E-state index contributed by atoms with van der Waals surface area (Å²) in [6, 6.07) is 4.45. The summed E-state index contributed by atoms with van der Waals surface area (Å²) >= 11 is 3.11. The van der Waals surface area contributed by atoms with Crippen LogP contribution in [0.2, 0.25) is 0 Å². The van der Waals surface area contributed by atoms with Gasteiger partial charge in [0, 0.05) is 19.5 Å². The summed E-state index contributed by atoms with van der Waals surface area (Å²) in [5.41, 5.74) is 1.66. The number of hydrogen-bond acceptors (Lipinski definition) is 7. The smallest absolute Gasteiger partial charge is 0.276 e. The summed E-state index contributed by atoms with van der Waals surface area (Å²) in [5.74, 6) is -0.403. The lowest BCUT2D eigenvalue weighted by Crippen LogP contribution is -2.34. The molecule has 0 saturated carbocycles. The maximum atomic E-state index is 13.4. The molecule has 2 heterocycles. The van der Waals surface area contributed by atoms with Crippen LogP contribution >= 0.6 is 15.9 Å². The topological polar surface area (TPSA) is 135 Å². The molecule has 0 radical (unpaired) electrons. The van der Waals surface area contributed by atoms with Crippen LogP contribution in [0.3, 0.4) is 0 Å². The van der Waals surface area contributed by atoms with E-state index in [-0.39, 0.29) is 30.3 Å². The standard InChI is InChI=1S/C15H17BrFN5O4S/c16-11-5-9(1-2-12(11)17)6-13(19-23)15-14(20-26-21-15)7-10-3-4-22(8-10)27(18,24)25/h1-2,5,10,23H,3-4,6-8H2,(H2,18,24,25). The molecule has 3 N–H and O–H groups in total. The zero-order valence-corrected chi connectivity index (χ0v) is 16.4. The average molecular weight is 462 g/mol. The molecule has 1 unspecified atom stereocenters. The minimum Gasteiger partial charge on any atom is -0.411 e. The summed E-state index contributed by atoms with van der Waals surface area (Å²) in [4.78, 5) is 0. The fraction of sp³-hybridized carbons (Fsp3) is 0.400. The highest BCUT2D eigenvalue weighted by atomic mass is 79.9. The number of hydrogen-bond donors (Lipinski definition) is 2. The molecule has 0 aliphatic carbocycles. The summed E-state index contributed by atoms with van der Waals surface area (Å²) in [6.45, 7) is 0.621. The van der Waals surface area contributed by atoms with Crippen LogP contribution in [0.1, 0.15) is 23.4 Å². The van der Waals surface area contributed by atoms with Gasteiger partial charge in [-0.2, -0.15) is 12.7 Å². The SMILES string of the molecule is NS(=O)(=O)N1CCC(Cc2nonc2C(Cc2ccc(F)c(Br)c2)=NO)C1. The van der Waals surface area contributed by atoms with E-state index in [4.69, 9.17) is 9.77 Å². The van der Waals surface area contributed by atoms with Crippen LogP contribution < -0.4 is 5.14 Å². The Morgan fingerprint density at radius 2 is 2.26 bits per heavy atom. The van der Waals surface area contributed by atoms with Crippen molar-refractivity contribution < 1.29 is 22.6 Å². The number of halogens is 2. The van der Waals surface area contributed by atoms with Crippen molar-refractivity contribution in [1.82, 2.24) is 14.6 Å². The van der Waals surface area contributed by atoms with Gasteiger partial charge < -0.3 is 5.21 Å². The molecule has 2 aromatic rings. The molecule has 0 spiro atoms. The van der Waals surface area contributed by atoms with Crippen molar-refractivity contribution in [3.05, 3.63) is 45.4 Å². The molecule has 1 aromatic carbocycles. The van der Waals surface area contributed by atoms with Gasteiger partial charge in [-0.15, -0.1) is 0 Å². The molecule has 12 heteroatoms. The largest absolute Gasteiger partial charge is 0.411 e. The van der Waals surface area contributed by atoms with E-state index < -0.39 is 16.0 Å². The number of nitrogens with zero attached hydrogens (tertiary/aromatic N) is 4. The van der Waals surface area contributed by atoms with Crippen molar-refractivity contribution in [2.24, 2.45) is 16.2 Å². The van der Waals surface area contributed by atoms with Crippen molar-refractivity contribution in [2.45, 2.75) is 19.3 Å². The summed E-state index contributed by atoms with van der Waals surface area (Å²) in [6.07, 6.45) is 1.21. The Bertz CT molecular complexity index is 965. The minimum atomic E-state index is -3.72. The van der Waals surface area contributed by atoms with Crippen LogP contribution in [-0.4, -0.2) is 47.0 Å². The molecule has 0 amide bonds. The second-order valence-corrected chi connectivity index (χ2v) is 8.69. The van der Waals surface area contributed by atoms with Gasteiger partial charge in [0.2, 0.25) is 0 Å². The molecule has 27 heavy (non-hydrogen) atoms. The van der Waals surface area contributed by atoms with Gasteiger partial charge in [-0.1, -0.05) is 16.4 Å². The molecule has 1 saturated heterocycles. The van der Waals surface area contributed by atoms with Crippen molar-refractivity contribution in [3.63, 3.8) is 0 Å². The molecule has 0 bridgehead atoms. The normalized spacial score (nSPS) is 18.9. The quantitative estimate of drug-likeness (QED) is 0.379. The Morgan fingerprint density at radius 1 is 1.48 bits per heavy atom. The van der Waals surface area contributed by atoms with E-state index in [2.05, 4.69) is 31.4 Å². The third kappa shape index (κ3) is 4.69. The Hall–Kier alpha value is -1.89. The van der Waals surface area contributed by atoms with Gasteiger partial charge in [0.25, 0.3) is 10.2 Å². The number of aromatic nitrogens is 2. The molecule has 1 atom stereocenters. The van der Waals surface area contributed by atoms with Crippen molar-refractivity contribution in [1.29, 1.82) is 0 Å². The maximum absolute atomic E-state index is 13.4. The van der Waals surface area contributed by atoms with E-state index in [1.165, 1.54) is 10.4 Å². The van der Waals surface area contributed by atoms with Crippen LogP contribution in [0.5, 0.6) is 0 Å². The Labute approximate surface area is 163 Å². The van der Waals surface area contributed by atoms with E-state index in [1.807, 2.05) is 0 Å². The first-order valence-corrected chi connectivity index (χ1v) is 10.3. The van der Waals surface area contributed by atoms with E-state index >= 15 is 0 Å². The lowest BCUT2D eigenvalue weighted by atomic mass is 9.98. The third-order valence-electron chi connectivity index (χ3n) is 4.40. The molecule has 1 fully saturated rings. The van der Waals surface area contributed by atoms with Crippen LogP contribution in [-0.2, 0) is 23.1 Å². The van der Waals surface area contributed by atoms with E-state index in [1.54, 1.807) is 12.1 Å². The molecule has 9 nitrogen and oxygen atoms in total. The molecule has 1 aliphatic rings. The monoisotopic (exact) mass is 461 g/mol. The first-order valence-electron chi connectivity index (χ1n) is 8.02. The zero-order valence-electron chi connectivity index (χ0n) is 14.0. The summed E-state index contributed by atoms with van der Waals surface area (Å²) < 4.78 is 42.5. The first-order chi connectivity index (χ1) is 12.8. The fourth-order valence-corrected chi connectivity index (χ4v) is 4.24. The number of rotatable bonds is 6. The van der Waals surface area contributed by atoms with Crippen LogP contribution in [0.25, 0.3) is 0 Å². The molecule has 1 aromatic heterocycles. The molecule has 1 aliphatic heterocycles. The minimum absolute atomic E-state index is 0.00566. The molecular weight excluding hydrogens is 445 g/mol. The summed E-state index contributed by atoms with van der Waals surface area (Å²) in [7, 11) is -3.72. The predicted molar refractivity (Wildman–Crippen MR) is 96.9 cm³/mol. The van der Waals surface area contributed by atoms with Crippen molar-refractivity contribution >= 4 is 31.9 Å². The van der Waals surface area contributed by atoms with Gasteiger partial charge in [-0.05, 0) is 57.5 Å². The van der Waals surface area contributed by atoms with E-state index in [0.717, 1.165) is 0 Å². The van der Waals surface area contributed by atoms with Gasteiger partial charge in [-0.25, -0.2) is 14.2 Å². The maximum Gasteiger partial charge on any atom is 0.276 e. The van der Waals surface area contributed by atoms with Crippen LogP contribution in [0, 0.1) is 11.7 Å². The molecule has 146 valence electrons. The van der Waals surface area contributed by atoms with Gasteiger partial charge >= 0.3 is 0 Å². The number of benzene rings is 1. The predicted octanol–water partition coefficient (Wildman–Crippen LogP) is 1.46. The van der Waals surface area contributed by atoms with Crippen molar-refractivity contribution in [2.75, 3.05) is 13.1 Å². The third-order valence-corrected chi connectivity index (χ3v) is 6.06. The summed E-state index contributed by atoms with van der Waals surface area (Å²) in [5, 5.41) is 25.5. The highest BCUT2D eigenvalue weighted by molar-refractivity contribution is 9.10. The molecule has 3 rings (SSSR count). The van der Waals surface area contributed by atoms with E-state index in [9.17, 15) is 18.0 Å². The zero-order chi connectivity index (χ0) is 19.6. The van der Waals surface area contributed by atoms with Crippen molar-refractivity contribution in [3.8, 4) is 0 Å². The van der Waals surface area contributed by atoms with Gasteiger partial charge in [-0.3, -0.25) is 0 Å². The second kappa shape index (κ2) is 8.00. The fourth-order valence-electron chi connectivity index (χ4n) is 3.04. The molecular formula is C15H17BrFN5O4S. The Balaban J connectivity index is 1.74. The lowest BCUT2D eigenvalue weighted by Gasteiger charge is -2.12.